The Hall–Kier alpha value is -5.78. The Balaban J connectivity index is 2.21. The molecule has 0 fully saturated rings. The molecule has 0 unspecified atom stereocenters. The molecule has 50 heavy (non-hydrogen) atoms. The van der Waals surface area contributed by atoms with Crippen molar-refractivity contribution in [2.24, 2.45) is 0 Å². The van der Waals surface area contributed by atoms with E-state index in [1.165, 1.54) is 0 Å². The summed E-state index contributed by atoms with van der Waals surface area (Å²) in [6.07, 6.45) is 3.66. The predicted octanol–water partition coefficient (Wildman–Crippen LogP) is 5.85. The summed E-state index contributed by atoms with van der Waals surface area (Å²) >= 11 is 0. The van der Waals surface area contributed by atoms with Crippen molar-refractivity contribution in [1.82, 2.24) is 0 Å². The highest BCUT2D eigenvalue weighted by Crippen LogP contribution is 2.31. The molecule has 0 bridgehead atoms. The van der Waals surface area contributed by atoms with Crippen LogP contribution in [0.5, 0.6) is 23.0 Å². The number of benzene rings is 2. The third-order valence-corrected chi connectivity index (χ3v) is 6.09. The number of carbonyl (C=O) groups excluding carboxylic acids is 4. The van der Waals surface area contributed by atoms with Crippen molar-refractivity contribution in [3.63, 3.8) is 0 Å². The SMILES string of the molecule is C=C(C)C(=O)OCCOc1ccc(C=Cc2ccc(OCCOC(=O)C(=C)C)c(OCCOC(=O)C(=C)C)c2)cc1OCCOC(=O)C(=C)C. The van der Waals surface area contributed by atoms with Gasteiger partial charge >= 0.3 is 23.9 Å². The van der Waals surface area contributed by atoms with E-state index in [1.54, 1.807) is 64.1 Å². The van der Waals surface area contributed by atoms with Crippen LogP contribution in [-0.2, 0) is 38.1 Å². The Bertz CT molecular complexity index is 1480. The van der Waals surface area contributed by atoms with Gasteiger partial charge in [-0.2, -0.15) is 0 Å². The van der Waals surface area contributed by atoms with Crippen molar-refractivity contribution >= 4 is 36.0 Å². The van der Waals surface area contributed by atoms with Gasteiger partial charge in [0.05, 0.1) is 0 Å². The number of hydrogen-bond donors (Lipinski definition) is 0. The van der Waals surface area contributed by atoms with Gasteiger partial charge in [0, 0.05) is 22.3 Å². The number of ether oxygens (including phenoxy) is 8. The second kappa shape index (κ2) is 21.2. The van der Waals surface area contributed by atoms with E-state index in [4.69, 9.17) is 37.9 Å². The lowest BCUT2D eigenvalue weighted by atomic mass is 10.1. The molecule has 0 heterocycles. The maximum atomic E-state index is 11.7. The van der Waals surface area contributed by atoms with Crippen molar-refractivity contribution in [3.05, 3.63) is 96.1 Å². The molecule has 0 radical (unpaired) electrons. The largest absolute Gasteiger partial charge is 0.486 e. The van der Waals surface area contributed by atoms with Crippen molar-refractivity contribution in [2.45, 2.75) is 27.7 Å². The molecule has 0 spiro atoms. The summed E-state index contributed by atoms with van der Waals surface area (Å²) in [4.78, 5) is 46.8. The van der Waals surface area contributed by atoms with Gasteiger partial charge in [-0.25, -0.2) is 19.2 Å². The fourth-order valence-electron chi connectivity index (χ4n) is 3.55. The van der Waals surface area contributed by atoms with E-state index in [0.29, 0.717) is 23.0 Å². The summed E-state index contributed by atoms with van der Waals surface area (Å²) in [5.41, 5.74) is 2.59. The van der Waals surface area contributed by atoms with Crippen LogP contribution >= 0.6 is 0 Å². The van der Waals surface area contributed by atoms with Crippen molar-refractivity contribution in [1.29, 1.82) is 0 Å². The third kappa shape index (κ3) is 15.0. The highest BCUT2D eigenvalue weighted by Gasteiger charge is 2.12. The van der Waals surface area contributed by atoms with Gasteiger partial charge in [-0.3, -0.25) is 0 Å². The molecule has 0 aliphatic heterocycles. The Kier molecular flexibility index (Phi) is 17.2. The minimum absolute atomic E-state index is 0.00307. The molecule has 0 N–H and O–H groups in total. The second-order valence-electron chi connectivity index (χ2n) is 10.8. The van der Waals surface area contributed by atoms with Gasteiger partial charge < -0.3 is 37.9 Å². The number of hydrogen-bond acceptors (Lipinski definition) is 12. The first-order valence-corrected chi connectivity index (χ1v) is 15.6. The molecule has 0 amide bonds. The zero-order valence-corrected chi connectivity index (χ0v) is 29.0. The van der Waals surface area contributed by atoms with E-state index in [2.05, 4.69) is 26.3 Å². The quantitative estimate of drug-likeness (QED) is 0.0480. The van der Waals surface area contributed by atoms with Gasteiger partial charge in [0.15, 0.2) is 23.0 Å². The molecule has 0 aliphatic carbocycles. The molecule has 12 heteroatoms. The summed E-state index contributed by atoms with van der Waals surface area (Å²) in [5, 5.41) is 0. The Morgan fingerprint density at radius 2 is 0.700 bits per heavy atom. The smallest absolute Gasteiger partial charge is 0.333 e. The molecule has 0 aliphatic rings. The molecule has 2 aromatic rings. The molecule has 0 aromatic heterocycles. The lowest BCUT2D eigenvalue weighted by molar-refractivity contribution is -0.140. The molecule has 268 valence electrons. The van der Waals surface area contributed by atoms with Crippen LogP contribution in [-0.4, -0.2) is 76.7 Å². The minimum Gasteiger partial charge on any atom is -0.486 e. The maximum Gasteiger partial charge on any atom is 0.333 e. The number of rotatable bonds is 22. The van der Waals surface area contributed by atoms with Crippen molar-refractivity contribution in [3.8, 4) is 23.0 Å². The summed E-state index contributed by atoms with van der Waals surface area (Å²) < 4.78 is 43.7. The normalized spacial score (nSPS) is 10.4. The zero-order chi connectivity index (χ0) is 37.1. The highest BCUT2D eigenvalue weighted by atomic mass is 16.6. The summed E-state index contributed by atoms with van der Waals surface area (Å²) in [7, 11) is 0. The lowest BCUT2D eigenvalue weighted by Gasteiger charge is -2.14. The van der Waals surface area contributed by atoms with E-state index >= 15 is 0 Å². The molecule has 0 atom stereocenters. The molecule has 0 saturated heterocycles. The first-order valence-electron chi connectivity index (χ1n) is 15.6. The average Bonchev–Trinajstić information content (AvgIpc) is 3.08. The van der Waals surface area contributed by atoms with Crippen LogP contribution < -0.4 is 18.9 Å². The Morgan fingerprint density at radius 1 is 0.440 bits per heavy atom. The molecule has 2 rings (SSSR count). The summed E-state index contributed by atoms with van der Waals surface area (Å²) in [6.45, 7) is 20.6. The monoisotopic (exact) mass is 692 g/mol. The molecular weight excluding hydrogens is 648 g/mol. The van der Waals surface area contributed by atoms with Crippen LogP contribution in [0, 0.1) is 0 Å². The fraction of sp³-hybridized carbons (Fsp3) is 0.316. The zero-order valence-electron chi connectivity index (χ0n) is 29.0. The average molecular weight is 693 g/mol. The second-order valence-corrected chi connectivity index (χ2v) is 10.8. The van der Waals surface area contributed by atoms with Gasteiger partial charge in [-0.05, 0) is 63.1 Å². The standard InChI is InChI=1S/C38H44O12/c1-25(2)35(39)47-19-15-43-31-13-11-29(23-33(31)45-17-21-49-37(41)27(5)6)9-10-30-12-14-32(44-16-20-48-36(40)26(3)4)34(24-30)46-18-22-50-38(42)28(7)8/h9-14,23-24H,1,3,5,7,15-22H2,2,4,6,8H3. The molecule has 12 nitrogen and oxygen atoms in total. The molecule has 2 aromatic carbocycles. The maximum absolute atomic E-state index is 11.7. The van der Waals surface area contributed by atoms with E-state index in [9.17, 15) is 19.2 Å². The van der Waals surface area contributed by atoms with E-state index in [1.807, 2.05) is 12.2 Å². The summed E-state index contributed by atoms with van der Waals surface area (Å²) in [5.74, 6) is -0.582. The molecule has 0 saturated carbocycles. The predicted molar refractivity (Wildman–Crippen MR) is 187 cm³/mol. The molecular formula is C38H44O12. The van der Waals surface area contributed by atoms with Crippen molar-refractivity contribution < 1.29 is 57.1 Å². The number of carbonyl (C=O) groups is 4. The van der Waals surface area contributed by atoms with Gasteiger partial charge in [0.2, 0.25) is 0 Å². The van der Waals surface area contributed by atoms with Crippen molar-refractivity contribution in [2.75, 3.05) is 52.9 Å². The van der Waals surface area contributed by atoms with Gasteiger partial charge in [-0.15, -0.1) is 0 Å². The van der Waals surface area contributed by atoms with Crippen LogP contribution in [0.15, 0.2) is 85.0 Å². The summed E-state index contributed by atoms with van der Waals surface area (Å²) in [6, 6.07) is 10.5. The van der Waals surface area contributed by atoms with E-state index in [0.717, 1.165) is 11.1 Å². The van der Waals surface area contributed by atoms with Crippen LogP contribution in [0.4, 0.5) is 0 Å². The fourth-order valence-corrected chi connectivity index (χ4v) is 3.55. The van der Waals surface area contributed by atoms with Gasteiger partial charge in [0.25, 0.3) is 0 Å². The first-order chi connectivity index (χ1) is 23.8. The lowest BCUT2D eigenvalue weighted by Crippen LogP contribution is -2.14. The van der Waals surface area contributed by atoms with E-state index in [-0.39, 0.29) is 75.1 Å². The number of esters is 4. The van der Waals surface area contributed by atoms with Gasteiger partial charge in [0.1, 0.15) is 52.9 Å². The van der Waals surface area contributed by atoms with E-state index < -0.39 is 23.9 Å². The topological polar surface area (TPSA) is 142 Å². The third-order valence-electron chi connectivity index (χ3n) is 6.09. The van der Waals surface area contributed by atoms with Crippen LogP contribution in [0.3, 0.4) is 0 Å². The van der Waals surface area contributed by atoms with Crippen LogP contribution in [0.2, 0.25) is 0 Å². The minimum atomic E-state index is -0.528. The Morgan fingerprint density at radius 3 is 0.960 bits per heavy atom. The highest BCUT2D eigenvalue weighted by molar-refractivity contribution is 5.88. The first kappa shape index (κ1) is 40.4. The van der Waals surface area contributed by atoms with Crippen LogP contribution in [0.1, 0.15) is 38.8 Å². The van der Waals surface area contributed by atoms with Gasteiger partial charge in [-0.1, -0.05) is 50.6 Å². The van der Waals surface area contributed by atoms with Crippen LogP contribution in [0.25, 0.3) is 12.2 Å². The Labute approximate surface area is 292 Å².